The lowest BCUT2D eigenvalue weighted by Gasteiger charge is -2.15. The van der Waals surface area contributed by atoms with Gasteiger partial charge in [-0.15, -0.1) is 0 Å². The van der Waals surface area contributed by atoms with Gasteiger partial charge in [-0.25, -0.2) is 9.59 Å². The standard InChI is InChI=1S/C8H13NO4/c1-4-5(7(10)11)6(8(12)13)9(2)3/h4H2,1-3H3,(H,10,11)(H,12,13). The summed E-state index contributed by atoms with van der Waals surface area (Å²) in [6, 6.07) is 0. The van der Waals surface area contributed by atoms with Crippen LogP contribution in [-0.4, -0.2) is 41.1 Å². The quantitative estimate of drug-likeness (QED) is 0.622. The third kappa shape index (κ3) is 2.77. The predicted octanol–water partition coefficient (Wildman–Crippen LogP) is 0.381. The van der Waals surface area contributed by atoms with Gasteiger partial charge in [-0.2, -0.15) is 0 Å². The summed E-state index contributed by atoms with van der Waals surface area (Å²) in [6.45, 7) is 1.61. The Balaban J connectivity index is 5.26. The molecule has 0 aliphatic carbocycles. The number of nitrogens with zero attached hydrogens (tertiary/aromatic N) is 1. The fourth-order valence-corrected chi connectivity index (χ4v) is 1.01. The molecule has 0 unspecified atom stereocenters. The summed E-state index contributed by atoms with van der Waals surface area (Å²) in [5.74, 6) is -2.40. The van der Waals surface area contributed by atoms with Crippen molar-refractivity contribution < 1.29 is 19.8 Å². The van der Waals surface area contributed by atoms with Gasteiger partial charge in [0.1, 0.15) is 5.70 Å². The molecule has 0 aromatic rings. The van der Waals surface area contributed by atoms with Gasteiger partial charge in [0.05, 0.1) is 5.57 Å². The number of carboxylic acid groups (broad SMARTS) is 2. The Labute approximate surface area is 76.3 Å². The molecule has 0 rings (SSSR count). The molecule has 0 atom stereocenters. The zero-order valence-electron chi connectivity index (χ0n) is 7.87. The number of carbonyl (C=O) groups is 2. The number of carboxylic acids is 2. The van der Waals surface area contributed by atoms with Gasteiger partial charge in [-0.05, 0) is 6.42 Å². The van der Waals surface area contributed by atoms with Gasteiger partial charge in [0.25, 0.3) is 0 Å². The van der Waals surface area contributed by atoms with Crippen molar-refractivity contribution in [3.05, 3.63) is 11.3 Å². The van der Waals surface area contributed by atoms with E-state index in [2.05, 4.69) is 0 Å². The topological polar surface area (TPSA) is 77.8 Å². The highest BCUT2D eigenvalue weighted by Crippen LogP contribution is 2.11. The first-order valence-electron chi connectivity index (χ1n) is 3.78. The van der Waals surface area contributed by atoms with Crippen molar-refractivity contribution >= 4 is 11.9 Å². The van der Waals surface area contributed by atoms with Crippen molar-refractivity contribution in [3.8, 4) is 0 Å². The largest absolute Gasteiger partial charge is 0.478 e. The third-order valence-electron chi connectivity index (χ3n) is 1.55. The first kappa shape index (κ1) is 11.5. The van der Waals surface area contributed by atoms with E-state index in [1.165, 1.54) is 19.0 Å². The van der Waals surface area contributed by atoms with E-state index >= 15 is 0 Å². The van der Waals surface area contributed by atoms with Crippen LogP contribution in [0.15, 0.2) is 11.3 Å². The molecule has 0 aliphatic rings. The molecular formula is C8H13NO4. The van der Waals surface area contributed by atoms with E-state index in [1.54, 1.807) is 6.92 Å². The molecule has 0 heterocycles. The average molecular weight is 187 g/mol. The average Bonchev–Trinajstić information content (AvgIpc) is 1.97. The van der Waals surface area contributed by atoms with Crippen molar-refractivity contribution in [3.63, 3.8) is 0 Å². The van der Waals surface area contributed by atoms with Gasteiger partial charge in [0.15, 0.2) is 0 Å². The fourth-order valence-electron chi connectivity index (χ4n) is 1.01. The van der Waals surface area contributed by atoms with Crippen molar-refractivity contribution in [2.75, 3.05) is 14.1 Å². The molecule has 0 amide bonds. The number of aliphatic carboxylic acids is 2. The first-order valence-corrected chi connectivity index (χ1v) is 3.78. The summed E-state index contributed by atoms with van der Waals surface area (Å²) in [4.78, 5) is 22.6. The molecule has 2 N–H and O–H groups in total. The highest BCUT2D eigenvalue weighted by molar-refractivity contribution is 5.98. The molecule has 0 bridgehead atoms. The van der Waals surface area contributed by atoms with Crippen molar-refractivity contribution in [1.29, 1.82) is 0 Å². The van der Waals surface area contributed by atoms with Crippen LogP contribution in [0.2, 0.25) is 0 Å². The maximum Gasteiger partial charge on any atom is 0.352 e. The lowest BCUT2D eigenvalue weighted by Crippen LogP contribution is -2.23. The van der Waals surface area contributed by atoms with E-state index in [0.29, 0.717) is 0 Å². The van der Waals surface area contributed by atoms with Crippen LogP contribution >= 0.6 is 0 Å². The van der Waals surface area contributed by atoms with Crippen LogP contribution in [0.4, 0.5) is 0 Å². The predicted molar refractivity (Wildman–Crippen MR) is 46.3 cm³/mol. The highest BCUT2D eigenvalue weighted by atomic mass is 16.4. The van der Waals surface area contributed by atoms with Crippen LogP contribution < -0.4 is 0 Å². The lowest BCUT2D eigenvalue weighted by atomic mass is 10.1. The SMILES string of the molecule is CCC(C(=O)O)=C(C(=O)O)N(C)C. The molecule has 0 spiro atoms. The maximum absolute atomic E-state index is 10.7. The molecule has 0 aromatic carbocycles. The summed E-state index contributed by atoms with van der Waals surface area (Å²) in [5.41, 5.74) is -0.257. The minimum Gasteiger partial charge on any atom is -0.478 e. The molecule has 0 saturated heterocycles. The Morgan fingerprint density at radius 3 is 1.69 bits per heavy atom. The Bertz CT molecular complexity index is 255. The van der Waals surface area contributed by atoms with E-state index in [9.17, 15) is 9.59 Å². The zero-order chi connectivity index (χ0) is 10.6. The fraction of sp³-hybridized carbons (Fsp3) is 0.500. The zero-order valence-corrected chi connectivity index (χ0v) is 7.87. The second kappa shape index (κ2) is 4.49. The molecule has 13 heavy (non-hydrogen) atoms. The van der Waals surface area contributed by atoms with E-state index in [4.69, 9.17) is 10.2 Å². The van der Waals surface area contributed by atoms with Crippen LogP contribution in [0.5, 0.6) is 0 Å². The van der Waals surface area contributed by atoms with Crippen molar-refractivity contribution in [2.24, 2.45) is 0 Å². The maximum atomic E-state index is 10.7. The van der Waals surface area contributed by atoms with Crippen molar-refractivity contribution in [1.82, 2.24) is 4.90 Å². The van der Waals surface area contributed by atoms with Gasteiger partial charge in [0.2, 0.25) is 0 Å². The smallest absolute Gasteiger partial charge is 0.352 e. The molecule has 0 aliphatic heterocycles. The highest BCUT2D eigenvalue weighted by Gasteiger charge is 2.19. The van der Waals surface area contributed by atoms with Crippen LogP contribution in [-0.2, 0) is 9.59 Å². The molecule has 5 nitrogen and oxygen atoms in total. The second-order valence-electron chi connectivity index (χ2n) is 2.69. The molecule has 5 heteroatoms. The number of rotatable bonds is 4. The monoisotopic (exact) mass is 187 g/mol. The molecule has 0 saturated carbocycles. The van der Waals surface area contributed by atoms with Gasteiger partial charge < -0.3 is 15.1 Å². The minimum absolute atomic E-state index is 0.0856. The normalized spacial score (nSPS) is 11.9. The van der Waals surface area contributed by atoms with E-state index in [-0.39, 0.29) is 17.7 Å². The van der Waals surface area contributed by atoms with E-state index < -0.39 is 11.9 Å². The first-order chi connectivity index (χ1) is 5.91. The van der Waals surface area contributed by atoms with Gasteiger partial charge in [0, 0.05) is 14.1 Å². The number of likely N-dealkylation sites (N-methyl/N-ethyl adjacent to an activating group) is 1. The van der Waals surface area contributed by atoms with Gasteiger partial charge >= 0.3 is 11.9 Å². The summed E-state index contributed by atoms with van der Waals surface area (Å²) in [7, 11) is 3.00. The molecule has 0 fully saturated rings. The summed E-state index contributed by atoms with van der Waals surface area (Å²) in [5, 5.41) is 17.4. The van der Waals surface area contributed by atoms with Crippen molar-refractivity contribution in [2.45, 2.75) is 13.3 Å². The summed E-state index contributed by atoms with van der Waals surface area (Å²) >= 11 is 0. The molecular weight excluding hydrogens is 174 g/mol. The third-order valence-corrected chi connectivity index (χ3v) is 1.55. The Kier molecular flexibility index (Phi) is 3.97. The van der Waals surface area contributed by atoms with Crippen LogP contribution in [0, 0.1) is 0 Å². The van der Waals surface area contributed by atoms with Gasteiger partial charge in [-0.3, -0.25) is 0 Å². The van der Waals surface area contributed by atoms with Gasteiger partial charge in [-0.1, -0.05) is 6.92 Å². The Morgan fingerprint density at radius 1 is 1.15 bits per heavy atom. The molecule has 0 radical (unpaired) electrons. The summed E-state index contributed by atoms with van der Waals surface area (Å²) in [6.07, 6.45) is 0.190. The van der Waals surface area contributed by atoms with E-state index in [0.717, 1.165) is 0 Å². The van der Waals surface area contributed by atoms with E-state index in [1.807, 2.05) is 0 Å². The second-order valence-corrected chi connectivity index (χ2v) is 2.69. The van der Waals surface area contributed by atoms with Crippen LogP contribution in [0.3, 0.4) is 0 Å². The molecule has 74 valence electrons. The summed E-state index contributed by atoms with van der Waals surface area (Å²) < 4.78 is 0. The minimum atomic E-state index is -1.22. The Hall–Kier alpha value is -1.52. The van der Waals surface area contributed by atoms with Crippen LogP contribution in [0.25, 0.3) is 0 Å². The lowest BCUT2D eigenvalue weighted by molar-refractivity contribution is -0.137. The number of hydrogen-bond acceptors (Lipinski definition) is 3. The Morgan fingerprint density at radius 2 is 1.62 bits per heavy atom. The number of hydrogen-bond donors (Lipinski definition) is 2. The van der Waals surface area contributed by atoms with Crippen LogP contribution in [0.1, 0.15) is 13.3 Å². The molecule has 0 aromatic heterocycles.